The van der Waals surface area contributed by atoms with Crippen LogP contribution in [0.4, 0.5) is 4.39 Å². The van der Waals surface area contributed by atoms with Gasteiger partial charge in [-0.25, -0.2) is 4.39 Å². The van der Waals surface area contributed by atoms with Gasteiger partial charge in [-0.15, -0.1) is 0 Å². The molecule has 5 heteroatoms. The fourth-order valence-electron chi connectivity index (χ4n) is 1.17. The summed E-state index contributed by atoms with van der Waals surface area (Å²) in [5, 5.41) is 2.68. The highest BCUT2D eigenvalue weighted by Crippen LogP contribution is 2.14. The number of rotatable bonds is 5. The third-order valence-corrected chi connectivity index (χ3v) is 2.18. The maximum Gasteiger partial charge on any atom is 0.258 e. The number of para-hydroxylation sites is 1. The summed E-state index contributed by atoms with van der Waals surface area (Å²) < 4.78 is 18.2. The number of benzene rings is 1. The normalized spacial score (nSPS) is 11.1. The second kappa shape index (κ2) is 5.63. The Kier molecular flexibility index (Phi) is 4.45. The fraction of sp³-hybridized carbons (Fsp3) is 0.417. The molecule has 1 rings (SSSR count). The van der Waals surface area contributed by atoms with Gasteiger partial charge in [0.2, 0.25) is 0 Å². The summed E-state index contributed by atoms with van der Waals surface area (Å²) in [5.74, 6) is -0.754. The minimum Gasteiger partial charge on any atom is -0.481 e. The third kappa shape index (κ3) is 4.40. The molecule has 1 aromatic rings. The van der Waals surface area contributed by atoms with Crippen LogP contribution in [0.3, 0.4) is 0 Å². The Labute approximate surface area is 100.0 Å². The topological polar surface area (TPSA) is 64.3 Å². The second-order valence-electron chi connectivity index (χ2n) is 4.36. The van der Waals surface area contributed by atoms with Gasteiger partial charge in [0, 0.05) is 12.1 Å². The summed E-state index contributed by atoms with van der Waals surface area (Å²) in [4.78, 5) is 11.5. The first-order valence-corrected chi connectivity index (χ1v) is 5.33. The van der Waals surface area contributed by atoms with Crippen molar-refractivity contribution in [3.63, 3.8) is 0 Å². The smallest absolute Gasteiger partial charge is 0.258 e. The predicted octanol–water partition coefficient (Wildman–Crippen LogP) is 1.06. The van der Waals surface area contributed by atoms with Crippen molar-refractivity contribution in [2.24, 2.45) is 5.73 Å². The molecule has 0 radical (unpaired) electrons. The van der Waals surface area contributed by atoms with Crippen molar-refractivity contribution in [3.05, 3.63) is 30.1 Å². The van der Waals surface area contributed by atoms with Gasteiger partial charge in [-0.2, -0.15) is 0 Å². The first kappa shape index (κ1) is 13.4. The quantitative estimate of drug-likeness (QED) is 0.808. The minimum atomic E-state index is -0.490. The number of carbonyl (C=O) groups is 1. The number of halogens is 1. The number of ether oxygens (including phenoxy) is 1. The predicted molar refractivity (Wildman–Crippen MR) is 63.2 cm³/mol. The van der Waals surface area contributed by atoms with E-state index in [9.17, 15) is 9.18 Å². The zero-order valence-corrected chi connectivity index (χ0v) is 10.00. The Morgan fingerprint density at radius 1 is 1.47 bits per heavy atom. The molecule has 1 aromatic carbocycles. The SMILES string of the molecule is CC(C)(CN)NC(=O)COc1ccccc1F. The van der Waals surface area contributed by atoms with E-state index in [-0.39, 0.29) is 18.3 Å². The third-order valence-electron chi connectivity index (χ3n) is 2.18. The van der Waals surface area contributed by atoms with Crippen LogP contribution in [-0.4, -0.2) is 24.6 Å². The van der Waals surface area contributed by atoms with E-state index in [1.165, 1.54) is 12.1 Å². The lowest BCUT2D eigenvalue weighted by Crippen LogP contribution is -2.50. The lowest BCUT2D eigenvalue weighted by atomic mass is 10.1. The van der Waals surface area contributed by atoms with Crippen molar-refractivity contribution in [2.75, 3.05) is 13.2 Å². The average Bonchev–Trinajstić information content (AvgIpc) is 2.27. The molecule has 0 aliphatic heterocycles. The average molecular weight is 240 g/mol. The molecule has 0 heterocycles. The van der Waals surface area contributed by atoms with Crippen LogP contribution in [-0.2, 0) is 4.79 Å². The number of nitrogens with one attached hydrogen (secondary N) is 1. The van der Waals surface area contributed by atoms with Gasteiger partial charge in [0.25, 0.3) is 5.91 Å². The Morgan fingerprint density at radius 2 is 2.12 bits per heavy atom. The Balaban J connectivity index is 2.47. The molecular formula is C12H17FN2O2. The zero-order valence-electron chi connectivity index (χ0n) is 10.00. The summed E-state index contributed by atoms with van der Waals surface area (Å²) in [7, 11) is 0. The molecule has 0 aliphatic rings. The van der Waals surface area contributed by atoms with E-state index in [1.807, 2.05) is 0 Å². The minimum absolute atomic E-state index is 0.0632. The molecule has 0 atom stereocenters. The van der Waals surface area contributed by atoms with Crippen LogP contribution in [0.2, 0.25) is 0 Å². The van der Waals surface area contributed by atoms with Crippen LogP contribution < -0.4 is 15.8 Å². The fourth-order valence-corrected chi connectivity index (χ4v) is 1.17. The Bertz CT molecular complexity index is 394. The maximum absolute atomic E-state index is 13.2. The van der Waals surface area contributed by atoms with Gasteiger partial charge in [0.15, 0.2) is 18.2 Å². The number of nitrogens with two attached hydrogens (primary N) is 1. The lowest BCUT2D eigenvalue weighted by molar-refractivity contribution is -0.124. The molecular weight excluding hydrogens is 223 g/mol. The van der Waals surface area contributed by atoms with Crippen molar-refractivity contribution >= 4 is 5.91 Å². The molecule has 4 nitrogen and oxygen atoms in total. The number of hydrogen-bond acceptors (Lipinski definition) is 3. The van der Waals surface area contributed by atoms with E-state index >= 15 is 0 Å². The van der Waals surface area contributed by atoms with Gasteiger partial charge in [-0.1, -0.05) is 12.1 Å². The van der Waals surface area contributed by atoms with Crippen LogP contribution in [0.25, 0.3) is 0 Å². The highest BCUT2D eigenvalue weighted by molar-refractivity contribution is 5.78. The number of hydrogen-bond donors (Lipinski definition) is 2. The van der Waals surface area contributed by atoms with Gasteiger partial charge >= 0.3 is 0 Å². The number of carbonyl (C=O) groups excluding carboxylic acids is 1. The highest BCUT2D eigenvalue weighted by Gasteiger charge is 2.18. The molecule has 3 N–H and O–H groups in total. The van der Waals surface area contributed by atoms with Gasteiger partial charge in [-0.05, 0) is 26.0 Å². The molecule has 0 spiro atoms. The molecule has 17 heavy (non-hydrogen) atoms. The van der Waals surface area contributed by atoms with Crippen LogP contribution in [0.15, 0.2) is 24.3 Å². The molecule has 0 saturated heterocycles. The molecule has 0 fully saturated rings. The van der Waals surface area contributed by atoms with Crippen LogP contribution in [0.5, 0.6) is 5.75 Å². The summed E-state index contributed by atoms with van der Waals surface area (Å²) >= 11 is 0. The first-order valence-electron chi connectivity index (χ1n) is 5.33. The van der Waals surface area contributed by atoms with Crippen molar-refractivity contribution in [1.82, 2.24) is 5.32 Å². The standard InChI is InChI=1S/C12H17FN2O2/c1-12(2,8-14)15-11(16)7-17-10-6-4-3-5-9(10)13/h3-6H,7-8,14H2,1-2H3,(H,15,16). The molecule has 0 aliphatic carbocycles. The summed E-state index contributed by atoms with van der Waals surface area (Å²) in [6.45, 7) is 3.69. The molecule has 0 saturated carbocycles. The lowest BCUT2D eigenvalue weighted by Gasteiger charge is -2.24. The van der Waals surface area contributed by atoms with Crippen LogP contribution in [0, 0.1) is 5.82 Å². The molecule has 0 aromatic heterocycles. The first-order chi connectivity index (χ1) is 7.94. The van der Waals surface area contributed by atoms with E-state index in [0.717, 1.165) is 0 Å². The van der Waals surface area contributed by atoms with E-state index in [2.05, 4.69) is 5.32 Å². The monoisotopic (exact) mass is 240 g/mol. The van der Waals surface area contributed by atoms with E-state index < -0.39 is 11.4 Å². The molecule has 0 bridgehead atoms. The maximum atomic E-state index is 13.2. The van der Waals surface area contributed by atoms with Crippen LogP contribution in [0.1, 0.15) is 13.8 Å². The summed E-state index contributed by atoms with van der Waals surface area (Å²) in [6, 6.07) is 5.94. The summed E-state index contributed by atoms with van der Waals surface area (Å²) in [6.07, 6.45) is 0. The Morgan fingerprint density at radius 3 is 2.71 bits per heavy atom. The second-order valence-corrected chi connectivity index (χ2v) is 4.36. The van der Waals surface area contributed by atoms with Crippen molar-refractivity contribution < 1.29 is 13.9 Å². The molecule has 0 unspecified atom stereocenters. The molecule has 94 valence electrons. The van der Waals surface area contributed by atoms with Crippen molar-refractivity contribution in [3.8, 4) is 5.75 Å². The van der Waals surface area contributed by atoms with Gasteiger partial charge in [0.1, 0.15) is 0 Å². The van der Waals surface area contributed by atoms with Gasteiger partial charge < -0.3 is 15.8 Å². The van der Waals surface area contributed by atoms with Crippen molar-refractivity contribution in [2.45, 2.75) is 19.4 Å². The zero-order chi connectivity index (χ0) is 12.9. The van der Waals surface area contributed by atoms with Gasteiger partial charge in [-0.3, -0.25) is 4.79 Å². The number of amides is 1. The largest absolute Gasteiger partial charge is 0.481 e. The van der Waals surface area contributed by atoms with E-state index in [1.54, 1.807) is 26.0 Å². The van der Waals surface area contributed by atoms with Gasteiger partial charge in [0.05, 0.1) is 0 Å². The van der Waals surface area contributed by atoms with E-state index in [0.29, 0.717) is 6.54 Å². The highest BCUT2D eigenvalue weighted by atomic mass is 19.1. The van der Waals surface area contributed by atoms with E-state index in [4.69, 9.17) is 10.5 Å². The molecule has 1 amide bonds. The summed E-state index contributed by atoms with van der Waals surface area (Å²) in [5.41, 5.74) is 4.98. The van der Waals surface area contributed by atoms with Crippen LogP contribution >= 0.6 is 0 Å². The van der Waals surface area contributed by atoms with Crippen molar-refractivity contribution in [1.29, 1.82) is 0 Å². The Hall–Kier alpha value is -1.62.